The summed E-state index contributed by atoms with van der Waals surface area (Å²) >= 11 is 0. The fourth-order valence-corrected chi connectivity index (χ4v) is 1.71. The minimum atomic E-state index is -1.06. The van der Waals surface area contributed by atoms with Crippen LogP contribution in [0.3, 0.4) is 0 Å². The first kappa shape index (κ1) is 14.0. The molecule has 18 heavy (non-hydrogen) atoms. The van der Waals surface area contributed by atoms with Crippen LogP contribution in [-0.2, 0) is 4.79 Å². The van der Waals surface area contributed by atoms with Crippen LogP contribution in [0.15, 0.2) is 36.4 Å². The zero-order chi connectivity index (χ0) is 13.7. The van der Waals surface area contributed by atoms with E-state index in [9.17, 15) is 9.18 Å². The van der Waals surface area contributed by atoms with Crippen molar-refractivity contribution in [3.05, 3.63) is 47.8 Å². The number of benzene rings is 1. The largest absolute Gasteiger partial charge is 0.478 e. The van der Waals surface area contributed by atoms with E-state index >= 15 is 0 Å². The van der Waals surface area contributed by atoms with Crippen LogP contribution in [-0.4, -0.2) is 24.7 Å². The highest BCUT2D eigenvalue weighted by Gasteiger charge is 2.11. The van der Waals surface area contributed by atoms with E-state index in [0.29, 0.717) is 17.8 Å². The third-order valence-electron chi connectivity index (χ3n) is 2.31. The first-order chi connectivity index (χ1) is 8.41. The number of halogens is 1. The molecule has 1 N–H and O–H groups in total. The van der Waals surface area contributed by atoms with Gasteiger partial charge in [0.2, 0.25) is 0 Å². The summed E-state index contributed by atoms with van der Waals surface area (Å²) in [4.78, 5) is 12.2. The molecule has 0 bridgehead atoms. The average molecular weight is 249 g/mol. The van der Waals surface area contributed by atoms with Crippen molar-refractivity contribution >= 4 is 17.7 Å². The monoisotopic (exact) mass is 249 g/mol. The lowest BCUT2D eigenvalue weighted by Crippen LogP contribution is -2.21. The van der Waals surface area contributed by atoms with E-state index < -0.39 is 5.97 Å². The maximum absolute atomic E-state index is 13.8. The predicted molar refractivity (Wildman–Crippen MR) is 71.2 cm³/mol. The van der Waals surface area contributed by atoms with Crippen LogP contribution in [0.4, 0.5) is 10.1 Å². The summed E-state index contributed by atoms with van der Waals surface area (Å²) in [5, 5.41) is 8.61. The van der Waals surface area contributed by atoms with E-state index in [2.05, 4.69) is 6.58 Å². The lowest BCUT2D eigenvalue weighted by atomic mass is 10.1. The molecule has 0 aliphatic carbocycles. The van der Waals surface area contributed by atoms with Gasteiger partial charge >= 0.3 is 5.97 Å². The molecule has 0 spiro atoms. The van der Waals surface area contributed by atoms with Gasteiger partial charge in [0.15, 0.2) is 0 Å². The van der Waals surface area contributed by atoms with Gasteiger partial charge in [-0.15, -0.1) is 0 Å². The minimum Gasteiger partial charge on any atom is -0.478 e. The van der Waals surface area contributed by atoms with Crippen LogP contribution in [0.2, 0.25) is 0 Å². The van der Waals surface area contributed by atoms with E-state index in [-0.39, 0.29) is 5.82 Å². The molecule has 4 heteroatoms. The molecule has 0 saturated carbocycles. The molecule has 0 amide bonds. The molecule has 0 radical (unpaired) electrons. The fraction of sp³-hybridized carbons (Fsp3) is 0.214. The molecule has 0 aromatic heterocycles. The van der Waals surface area contributed by atoms with Crippen molar-refractivity contribution in [1.82, 2.24) is 0 Å². The third kappa shape index (κ3) is 3.73. The summed E-state index contributed by atoms with van der Waals surface area (Å²) in [6.45, 7) is 6.14. The lowest BCUT2D eigenvalue weighted by molar-refractivity contribution is -0.131. The van der Waals surface area contributed by atoms with Gasteiger partial charge in [-0.2, -0.15) is 0 Å². The molecule has 0 saturated heterocycles. The predicted octanol–water partition coefficient (Wildman–Crippen LogP) is 2.94. The second-order valence-electron chi connectivity index (χ2n) is 4.16. The molecular formula is C14H16FNO2. The topological polar surface area (TPSA) is 40.5 Å². The van der Waals surface area contributed by atoms with Gasteiger partial charge in [0.1, 0.15) is 5.82 Å². The van der Waals surface area contributed by atoms with Gasteiger partial charge in [0.05, 0.1) is 5.69 Å². The Hall–Kier alpha value is -2.10. The van der Waals surface area contributed by atoms with Gasteiger partial charge in [-0.1, -0.05) is 24.3 Å². The SMILES string of the molecule is C=C(C)CN(C)c1c(F)cccc1/C=C/C(=O)O. The lowest BCUT2D eigenvalue weighted by Gasteiger charge is -2.22. The van der Waals surface area contributed by atoms with Crippen molar-refractivity contribution in [2.75, 3.05) is 18.5 Å². The quantitative estimate of drug-likeness (QED) is 0.644. The van der Waals surface area contributed by atoms with E-state index in [1.807, 2.05) is 6.92 Å². The molecule has 96 valence electrons. The third-order valence-corrected chi connectivity index (χ3v) is 2.31. The Morgan fingerprint density at radius 3 is 2.78 bits per heavy atom. The van der Waals surface area contributed by atoms with Crippen molar-refractivity contribution in [2.45, 2.75) is 6.92 Å². The van der Waals surface area contributed by atoms with Gasteiger partial charge in [-0.3, -0.25) is 0 Å². The second-order valence-corrected chi connectivity index (χ2v) is 4.16. The number of carboxylic acids is 1. The Labute approximate surface area is 106 Å². The first-order valence-electron chi connectivity index (χ1n) is 5.47. The van der Waals surface area contributed by atoms with Crippen molar-refractivity contribution in [3.63, 3.8) is 0 Å². The number of anilines is 1. The van der Waals surface area contributed by atoms with Crippen LogP contribution < -0.4 is 4.90 Å². The maximum Gasteiger partial charge on any atom is 0.328 e. The summed E-state index contributed by atoms with van der Waals surface area (Å²) in [6, 6.07) is 4.57. The highest BCUT2D eigenvalue weighted by molar-refractivity contribution is 5.87. The van der Waals surface area contributed by atoms with E-state index in [1.54, 1.807) is 24.1 Å². The number of aliphatic carboxylic acids is 1. The Morgan fingerprint density at radius 2 is 2.22 bits per heavy atom. The molecule has 0 aliphatic rings. The number of para-hydroxylation sites is 1. The summed E-state index contributed by atoms with van der Waals surface area (Å²) in [6.07, 6.45) is 2.38. The fourth-order valence-electron chi connectivity index (χ4n) is 1.71. The molecule has 0 unspecified atom stereocenters. The number of carbonyl (C=O) groups is 1. The summed E-state index contributed by atoms with van der Waals surface area (Å²) in [7, 11) is 1.74. The molecule has 0 fully saturated rings. The van der Waals surface area contributed by atoms with Crippen LogP contribution in [0.25, 0.3) is 6.08 Å². The van der Waals surface area contributed by atoms with Crippen LogP contribution >= 0.6 is 0 Å². The Balaban J connectivity index is 3.15. The second kappa shape index (κ2) is 6.00. The highest BCUT2D eigenvalue weighted by atomic mass is 19.1. The van der Waals surface area contributed by atoms with Crippen LogP contribution in [0.5, 0.6) is 0 Å². The molecule has 0 aliphatic heterocycles. The number of rotatable bonds is 5. The normalized spacial score (nSPS) is 10.6. The van der Waals surface area contributed by atoms with Crippen molar-refractivity contribution in [2.24, 2.45) is 0 Å². The van der Waals surface area contributed by atoms with Gasteiger partial charge in [-0.05, 0) is 19.1 Å². The number of nitrogens with zero attached hydrogens (tertiary/aromatic N) is 1. The molecule has 0 heterocycles. The van der Waals surface area contributed by atoms with Crippen LogP contribution in [0.1, 0.15) is 12.5 Å². The standard InChI is InChI=1S/C14H16FNO2/c1-10(2)9-16(3)14-11(7-8-13(17)18)5-4-6-12(14)15/h4-8H,1,9H2,2-3H3,(H,17,18)/b8-7+. The molecule has 0 atom stereocenters. The molecule has 1 aromatic rings. The minimum absolute atomic E-state index is 0.373. The van der Waals surface area contributed by atoms with Gasteiger partial charge in [0, 0.05) is 25.2 Å². The van der Waals surface area contributed by atoms with Gasteiger partial charge in [0.25, 0.3) is 0 Å². The average Bonchev–Trinajstić information content (AvgIpc) is 2.24. The first-order valence-corrected chi connectivity index (χ1v) is 5.47. The molecular weight excluding hydrogens is 233 g/mol. The summed E-state index contributed by atoms with van der Waals surface area (Å²) < 4.78 is 13.8. The smallest absolute Gasteiger partial charge is 0.328 e. The van der Waals surface area contributed by atoms with Crippen molar-refractivity contribution < 1.29 is 14.3 Å². The van der Waals surface area contributed by atoms with Crippen molar-refractivity contribution in [3.8, 4) is 0 Å². The van der Waals surface area contributed by atoms with Crippen molar-refractivity contribution in [1.29, 1.82) is 0 Å². The Bertz CT molecular complexity index is 495. The summed E-state index contributed by atoms with van der Waals surface area (Å²) in [5.74, 6) is -1.45. The Morgan fingerprint density at radius 1 is 1.56 bits per heavy atom. The number of likely N-dealkylation sites (N-methyl/N-ethyl adjacent to an activating group) is 1. The number of carboxylic acid groups (broad SMARTS) is 1. The summed E-state index contributed by atoms with van der Waals surface area (Å²) in [5.41, 5.74) is 1.80. The van der Waals surface area contributed by atoms with E-state index in [0.717, 1.165) is 11.6 Å². The Kier molecular flexibility index (Phi) is 4.66. The van der Waals surface area contributed by atoms with Gasteiger partial charge < -0.3 is 10.0 Å². The number of hydrogen-bond donors (Lipinski definition) is 1. The number of hydrogen-bond acceptors (Lipinski definition) is 2. The molecule has 1 rings (SSSR count). The zero-order valence-corrected chi connectivity index (χ0v) is 10.5. The highest BCUT2D eigenvalue weighted by Crippen LogP contribution is 2.25. The van der Waals surface area contributed by atoms with Crippen LogP contribution in [0, 0.1) is 5.82 Å². The van der Waals surface area contributed by atoms with E-state index in [1.165, 1.54) is 12.1 Å². The maximum atomic E-state index is 13.8. The van der Waals surface area contributed by atoms with Gasteiger partial charge in [-0.25, -0.2) is 9.18 Å². The zero-order valence-electron chi connectivity index (χ0n) is 10.5. The van der Waals surface area contributed by atoms with E-state index in [4.69, 9.17) is 5.11 Å². The molecule has 1 aromatic carbocycles. The molecule has 3 nitrogen and oxygen atoms in total.